The Balaban J connectivity index is 1.58. The summed E-state index contributed by atoms with van der Waals surface area (Å²) in [5.41, 5.74) is 0.792. The molecule has 134 valence electrons. The highest BCUT2D eigenvalue weighted by Crippen LogP contribution is 2.29. The summed E-state index contributed by atoms with van der Waals surface area (Å²) in [5.74, 6) is 0.215. The average Bonchev–Trinajstić information content (AvgIpc) is 3.00. The van der Waals surface area contributed by atoms with Gasteiger partial charge in [0.2, 0.25) is 0 Å². The lowest BCUT2D eigenvalue weighted by atomic mass is 10.1. The van der Waals surface area contributed by atoms with Crippen molar-refractivity contribution in [2.24, 2.45) is 0 Å². The number of nitrogens with zero attached hydrogens (tertiary/aromatic N) is 2. The van der Waals surface area contributed by atoms with Crippen molar-refractivity contribution < 1.29 is 22.4 Å². The lowest BCUT2D eigenvalue weighted by Crippen LogP contribution is -2.48. The second-order valence-electron chi connectivity index (χ2n) is 6.20. The zero-order valence-corrected chi connectivity index (χ0v) is 13.8. The molecule has 2 heterocycles. The number of piperazine rings is 1. The van der Waals surface area contributed by atoms with Gasteiger partial charge in [-0.2, -0.15) is 13.2 Å². The Hall–Kier alpha value is -2.28. The Kier molecular flexibility index (Phi) is 4.85. The Morgan fingerprint density at radius 3 is 2.48 bits per heavy atom. The van der Waals surface area contributed by atoms with E-state index in [0.29, 0.717) is 44.0 Å². The third-order valence-electron chi connectivity index (χ3n) is 4.38. The van der Waals surface area contributed by atoms with Gasteiger partial charge in [0.25, 0.3) is 5.91 Å². The number of aryl methyl sites for hydroxylation is 1. The first-order valence-corrected chi connectivity index (χ1v) is 8.06. The molecule has 0 bridgehead atoms. The van der Waals surface area contributed by atoms with Crippen LogP contribution in [0.15, 0.2) is 41.0 Å². The van der Waals surface area contributed by atoms with Crippen LogP contribution in [0.5, 0.6) is 0 Å². The van der Waals surface area contributed by atoms with Gasteiger partial charge < -0.3 is 9.32 Å². The molecule has 3 rings (SSSR count). The van der Waals surface area contributed by atoms with Crippen molar-refractivity contribution in [3.05, 3.63) is 59.0 Å². The predicted octanol–water partition coefficient (Wildman–Crippen LogP) is 3.56. The maximum absolute atomic E-state index is 12.8. The van der Waals surface area contributed by atoms with Crippen LogP contribution in [-0.4, -0.2) is 41.9 Å². The van der Waals surface area contributed by atoms with E-state index in [4.69, 9.17) is 4.42 Å². The number of alkyl halides is 3. The maximum atomic E-state index is 12.8. The molecular formula is C18H19F3N2O2. The van der Waals surface area contributed by atoms with Crippen molar-refractivity contribution in [2.75, 3.05) is 26.2 Å². The van der Waals surface area contributed by atoms with E-state index in [1.807, 2.05) is 11.8 Å². The molecule has 2 aromatic rings. The molecule has 0 spiro atoms. The molecule has 1 fully saturated rings. The molecule has 0 aliphatic carbocycles. The van der Waals surface area contributed by atoms with Crippen molar-refractivity contribution >= 4 is 5.91 Å². The fourth-order valence-electron chi connectivity index (χ4n) is 2.95. The van der Waals surface area contributed by atoms with Gasteiger partial charge in [0.05, 0.1) is 11.8 Å². The summed E-state index contributed by atoms with van der Waals surface area (Å²) >= 11 is 0. The molecule has 1 amide bonds. The van der Waals surface area contributed by atoms with E-state index in [1.54, 1.807) is 17.0 Å². The fraction of sp³-hybridized carbons (Fsp3) is 0.389. The first kappa shape index (κ1) is 17.5. The van der Waals surface area contributed by atoms with Gasteiger partial charge >= 0.3 is 6.18 Å². The first-order valence-electron chi connectivity index (χ1n) is 8.06. The van der Waals surface area contributed by atoms with E-state index >= 15 is 0 Å². The summed E-state index contributed by atoms with van der Waals surface area (Å²) in [7, 11) is 0. The second kappa shape index (κ2) is 6.92. The Labute approximate surface area is 143 Å². The molecule has 4 nitrogen and oxygen atoms in total. The van der Waals surface area contributed by atoms with Gasteiger partial charge in [0.15, 0.2) is 5.76 Å². The third-order valence-corrected chi connectivity index (χ3v) is 4.38. The van der Waals surface area contributed by atoms with Crippen molar-refractivity contribution in [3.8, 4) is 0 Å². The number of carbonyl (C=O) groups is 1. The molecule has 1 aliphatic heterocycles. The highest BCUT2D eigenvalue weighted by atomic mass is 19.4. The molecule has 7 heteroatoms. The number of hydrogen-bond donors (Lipinski definition) is 0. The van der Waals surface area contributed by atoms with Gasteiger partial charge in [-0.05, 0) is 24.6 Å². The summed E-state index contributed by atoms with van der Waals surface area (Å²) in [5, 5.41) is 0. The zero-order chi connectivity index (χ0) is 18.0. The molecule has 0 radical (unpaired) electrons. The van der Waals surface area contributed by atoms with Gasteiger partial charge in [0, 0.05) is 38.3 Å². The number of furan rings is 1. The second-order valence-corrected chi connectivity index (χ2v) is 6.20. The topological polar surface area (TPSA) is 36.7 Å². The van der Waals surface area contributed by atoms with Crippen LogP contribution in [-0.2, 0) is 12.7 Å². The molecule has 1 saturated heterocycles. The van der Waals surface area contributed by atoms with E-state index in [2.05, 4.69) is 0 Å². The minimum atomic E-state index is -4.33. The lowest BCUT2D eigenvalue weighted by Gasteiger charge is -2.34. The van der Waals surface area contributed by atoms with Crippen LogP contribution in [0.4, 0.5) is 13.2 Å². The SMILES string of the molecule is Cc1ccoc1C(=O)N1CCN(Cc2cccc(C(F)(F)F)c2)CC1. The van der Waals surface area contributed by atoms with Gasteiger partial charge in [0.1, 0.15) is 0 Å². The van der Waals surface area contributed by atoms with Gasteiger partial charge in [-0.1, -0.05) is 18.2 Å². The van der Waals surface area contributed by atoms with Crippen molar-refractivity contribution in [1.29, 1.82) is 0 Å². The zero-order valence-electron chi connectivity index (χ0n) is 13.8. The molecule has 25 heavy (non-hydrogen) atoms. The number of rotatable bonds is 3. The minimum Gasteiger partial charge on any atom is -0.459 e. The highest BCUT2D eigenvalue weighted by Gasteiger charge is 2.30. The quantitative estimate of drug-likeness (QED) is 0.847. The number of carbonyl (C=O) groups excluding carboxylic acids is 1. The van der Waals surface area contributed by atoms with Crippen LogP contribution in [0.1, 0.15) is 27.2 Å². The van der Waals surface area contributed by atoms with Crippen LogP contribution in [0.3, 0.4) is 0 Å². The van der Waals surface area contributed by atoms with Gasteiger partial charge in [-0.15, -0.1) is 0 Å². The van der Waals surface area contributed by atoms with E-state index in [9.17, 15) is 18.0 Å². The number of amides is 1. The Morgan fingerprint density at radius 1 is 1.16 bits per heavy atom. The molecule has 1 aromatic heterocycles. The number of halogens is 3. The van der Waals surface area contributed by atoms with Crippen molar-refractivity contribution in [2.45, 2.75) is 19.6 Å². The van der Waals surface area contributed by atoms with Crippen LogP contribution >= 0.6 is 0 Å². The van der Waals surface area contributed by atoms with Crippen LogP contribution in [0.2, 0.25) is 0 Å². The summed E-state index contributed by atoms with van der Waals surface area (Å²) in [6.07, 6.45) is -2.84. The van der Waals surface area contributed by atoms with Crippen molar-refractivity contribution in [3.63, 3.8) is 0 Å². The molecule has 0 saturated carbocycles. The number of benzene rings is 1. The highest BCUT2D eigenvalue weighted by molar-refractivity contribution is 5.92. The normalized spacial score (nSPS) is 16.2. The largest absolute Gasteiger partial charge is 0.459 e. The molecule has 0 N–H and O–H groups in total. The van der Waals surface area contributed by atoms with Crippen LogP contribution < -0.4 is 0 Å². The first-order chi connectivity index (χ1) is 11.8. The van der Waals surface area contributed by atoms with E-state index < -0.39 is 11.7 Å². The summed E-state index contributed by atoms with van der Waals surface area (Å²) in [6, 6.07) is 7.13. The molecular weight excluding hydrogens is 333 g/mol. The fourth-order valence-corrected chi connectivity index (χ4v) is 2.95. The van der Waals surface area contributed by atoms with Crippen LogP contribution in [0, 0.1) is 6.92 Å². The lowest BCUT2D eigenvalue weighted by molar-refractivity contribution is -0.137. The van der Waals surface area contributed by atoms with Gasteiger partial charge in [-0.25, -0.2) is 0 Å². The van der Waals surface area contributed by atoms with E-state index in [0.717, 1.165) is 11.6 Å². The van der Waals surface area contributed by atoms with Crippen molar-refractivity contribution in [1.82, 2.24) is 9.80 Å². The standard InChI is InChI=1S/C18H19F3N2O2/c1-13-5-10-25-16(13)17(24)23-8-6-22(7-9-23)12-14-3-2-4-15(11-14)18(19,20)21/h2-5,10-11H,6-9,12H2,1H3. The summed E-state index contributed by atoms with van der Waals surface area (Å²) in [4.78, 5) is 16.2. The van der Waals surface area contributed by atoms with E-state index in [-0.39, 0.29) is 5.91 Å². The number of hydrogen-bond acceptors (Lipinski definition) is 3. The molecule has 0 unspecified atom stereocenters. The smallest absolute Gasteiger partial charge is 0.416 e. The van der Waals surface area contributed by atoms with Crippen LogP contribution in [0.25, 0.3) is 0 Å². The third kappa shape index (κ3) is 4.04. The van der Waals surface area contributed by atoms with E-state index in [1.165, 1.54) is 18.4 Å². The predicted molar refractivity (Wildman–Crippen MR) is 86.1 cm³/mol. The van der Waals surface area contributed by atoms with Gasteiger partial charge in [-0.3, -0.25) is 9.69 Å². The summed E-state index contributed by atoms with van der Waals surface area (Å²) in [6.45, 7) is 4.53. The molecule has 1 aromatic carbocycles. The summed E-state index contributed by atoms with van der Waals surface area (Å²) < 4.78 is 43.6. The maximum Gasteiger partial charge on any atom is 0.416 e. The average molecular weight is 352 g/mol. The molecule has 0 atom stereocenters. The Bertz CT molecular complexity index is 747. The Morgan fingerprint density at radius 2 is 1.88 bits per heavy atom. The monoisotopic (exact) mass is 352 g/mol. The minimum absolute atomic E-state index is 0.138. The molecule has 1 aliphatic rings.